The first-order chi connectivity index (χ1) is 14.2. The fraction of sp³-hybridized carbons (Fsp3) is 0.0476. The average molecular weight is 399 g/mol. The van der Waals surface area contributed by atoms with E-state index in [1.807, 2.05) is 42.8 Å². The quantitative estimate of drug-likeness (QED) is 0.432. The molecule has 0 aromatic carbocycles. The molecular weight excluding hydrogens is 382 g/mol. The molecule has 0 spiro atoms. The third-order valence-electron chi connectivity index (χ3n) is 4.75. The number of hydrogen-bond acceptors (Lipinski definition) is 5. The van der Waals surface area contributed by atoms with Crippen LogP contribution in [-0.4, -0.2) is 35.3 Å². The lowest BCUT2D eigenvalue weighted by molar-refractivity contribution is 1.06. The second kappa shape index (κ2) is 6.99. The topological polar surface area (TPSA) is 98.9 Å². The number of thiophene rings is 1. The molecule has 5 aromatic heterocycles. The summed E-state index contributed by atoms with van der Waals surface area (Å²) in [6, 6.07) is 3.97. The fourth-order valence-electron chi connectivity index (χ4n) is 3.28. The Hall–Kier alpha value is -3.78. The molecule has 0 bridgehead atoms. The number of aromatic nitrogens is 7. The van der Waals surface area contributed by atoms with Crippen LogP contribution in [0.3, 0.4) is 0 Å². The highest BCUT2D eigenvalue weighted by Gasteiger charge is 2.15. The molecule has 0 unspecified atom stereocenters. The van der Waals surface area contributed by atoms with Crippen LogP contribution >= 0.6 is 11.3 Å². The molecule has 3 N–H and O–H groups in total. The summed E-state index contributed by atoms with van der Waals surface area (Å²) in [4.78, 5) is 12.7. The van der Waals surface area contributed by atoms with Crippen LogP contribution in [0, 0.1) is 0 Å². The predicted octanol–water partition coefficient (Wildman–Crippen LogP) is 3.09. The maximum absolute atomic E-state index is 4.83. The second-order valence-corrected chi connectivity index (χ2v) is 7.27. The van der Waals surface area contributed by atoms with Crippen LogP contribution in [0.25, 0.3) is 52.0 Å². The zero-order chi connectivity index (χ0) is 19.8. The summed E-state index contributed by atoms with van der Waals surface area (Å²) >= 11 is 1.64. The maximum atomic E-state index is 4.83. The summed E-state index contributed by atoms with van der Waals surface area (Å²) in [5, 5.41) is 20.0. The number of nitrogens with one attached hydrogen (secondary N) is 3. The summed E-state index contributed by atoms with van der Waals surface area (Å²) in [5.41, 5.74) is 6.37. The molecule has 0 saturated heterocycles. The van der Waals surface area contributed by atoms with Crippen molar-refractivity contribution in [1.82, 2.24) is 35.3 Å². The Morgan fingerprint density at radius 2 is 2.17 bits per heavy atom. The number of fused-ring (bicyclic) bond motifs is 1. The molecule has 5 rings (SSSR count). The summed E-state index contributed by atoms with van der Waals surface area (Å²) in [7, 11) is 0. The molecule has 29 heavy (non-hydrogen) atoms. The number of imidazole rings is 1. The van der Waals surface area contributed by atoms with Crippen molar-refractivity contribution in [2.45, 2.75) is 6.92 Å². The summed E-state index contributed by atoms with van der Waals surface area (Å²) in [5.74, 6) is 0.671. The zero-order valence-electron chi connectivity index (χ0n) is 15.6. The van der Waals surface area contributed by atoms with Crippen LogP contribution < -0.4 is 10.6 Å². The Labute approximate surface area is 169 Å². The molecule has 0 aliphatic rings. The smallest absolute Gasteiger partial charge is 0.159 e. The number of nitrogens with zero attached hydrogens (tertiary/aromatic N) is 4. The monoisotopic (exact) mass is 399 g/mol. The van der Waals surface area contributed by atoms with Crippen LogP contribution in [0.5, 0.6) is 0 Å². The third kappa shape index (κ3) is 2.99. The van der Waals surface area contributed by atoms with E-state index in [0.717, 1.165) is 44.0 Å². The Morgan fingerprint density at radius 1 is 1.24 bits per heavy atom. The van der Waals surface area contributed by atoms with Gasteiger partial charge >= 0.3 is 0 Å². The number of H-pyrrole nitrogens is 3. The van der Waals surface area contributed by atoms with Gasteiger partial charge in [0, 0.05) is 34.1 Å². The molecule has 0 amide bonds. The van der Waals surface area contributed by atoms with Crippen molar-refractivity contribution in [2.24, 2.45) is 0 Å². The summed E-state index contributed by atoms with van der Waals surface area (Å²) in [6.45, 7) is 6.08. The Kier molecular flexibility index (Phi) is 4.18. The molecule has 142 valence electrons. The van der Waals surface area contributed by atoms with Crippen LogP contribution in [0.2, 0.25) is 0 Å². The second-order valence-electron chi connectivity index (χ2n) is 6.49. The fourth-order valence-corrected chi connectivity index (χ4v) is 3.92. The number of pyridine rings is 1. The molecule has 5 aromatic rings. The predicted molar refractivity (Wildman–Crippen MR) is 116 cm³/mol. The Balaban J connectivity index is 1.69. The van der Waals surface area contributed by atoms with E-state index in [0.29, 0.717) is 11.5 Å². The van der Waals surface area contributed by atoms with Gasteiger partial charge in [-0.15, -0.1) is 0 Å². The van der Waals surface area contributed by atoms with Gasteiger partial charge in [-0.25, -0.2) is 4.98 Å². The van der Waals surface area contributed by atoms with Crippen LogP contribution in [-0.2, 0) is 0 Å². The molecule has 0 atom stereocenters. The molecular formula is C21H17N7S. The van der Waals surface area contributed by atoms with Crippen molar-refractivity contribution in [3.05, 3.63) is 63.7 Å². The largest absolute Gasteiger partial charge is 0.336 e. The van der Waals surface area contributed by atoms with Crippen molar-refractivity contribution in [1.29, 1.82) is 0 Å². The minimum absolute atomic E-state index is 0.671. The number of rotatable bonds is 4. The van der Waals surface area contributed by atoms with E-state index in [1.54, 1.807) is 23.7 Å². The minimum atomic E-state index is 0.671. The molecule has 8 heteroatoms. The van der Waals surface area contributed by atoms with E-state index in [2.05, 4.69) is 42.3 Å². The van der Waals surface area contributed by atoms with Gasteiger partial charge in [0.2, 0.25) is 0 Å². The summed E-state index contributed by atoms with van der Waals surface area (Å²) < 4.78 is 0. The lowest BCUT2D eigenvalue weighted by Gasteiger charge is -1.97. The van der Waals surface area contributed by atoms with E-state index in [9.17, 15) is 0 Å². The van der Waals surface area contributed by atoms with Crippen LogP contribution in [0.1, 0.15) is 12.5 Å². The Morgan fingerprint density at radius 3 is 2.93 bits per heavy atom. The number of aromatic amines is 3. The highest BCUT2D eigenvalue weighted by molar-refractivity contribution is 7.08. The molecule has 0 aliphatic carbocycles. The maximum Gasteiger partial charge on any atom is 0.159 e. The van der Waals surface area contributed by atoms with Gasteiger partial charge in [-0.05, 0) is 36.1 Å². The van der Waals surface area contributed by atoms with E-state index in [1.165, 1.54) is 0 Å². The van der Waals surface area contributed by atoms with Gasteiger partial charge < -0.3 is 4.98 Å². The van der Waals surface area contributed by atoms with Crippen molar-refractivity contribution in [3.8, 4) is 22.8 Å². The molecule has 0 saturated carbocycles. The van der Waals surface area contributed by atoms with E-state index in [4.69, 9.17) is 4.98 Å². The zero-order valence-corrected chi connectivity index (χ0v) is 16.4. The SMILES string of the molecule is C=c1[nH]nc(-c2nc3c(-c4ccsc4)nccc3[nH]2)/c1=C/C(=C\C)c1cn[nH]c1. The molecule has 5 heterocycles. The highest BCUT2D eigenvalue weighted by Crippen LogP contribution is 2.28. The lowest BCUT2D eigenvalue weighted by Crippen LogP contribution is -2.22. The lowest BCUT2D eigenvalue weighted by atomic mass is 10.1. The van der Waals surface area contributed by atoms with Gasteiger partial charge in [0.15, 0.2) is 5.82 Å². The first-order valence-corrected chi connectivity index (χ1v) is 9.97. The van der Waals surface area contributed by atoms with Gasteiger partial charge in [-0.3, -0.25) is 15.2 Å². The minimum Gasteiger partial charge on any atom is -0.336 e. The van der Waals surface area contributed by atoms with Crippen LogP contribution in [0.15, 0.2) is 47.6 Å². The normalized spacial score (nSPS) is 12.9. The van der Waals surface area contributed by atoms with Crippen molar-refractivity contribution in [2.75, 3.05) is 0 Å². The van der Waals surface area contributed by atoms with Crippen molar-refractivity contribution in [3.63, 3.8) is 0 Å². The van der Waals surface area contributed by atoms with Gasteiger partial charge in [-0.2, -0.15) is 21.5 Å². The van der Waals surface area contributed by atoms with Crippen molar-refractivity contribution < 1.29 is 0 Å². The third-order valence-corrected chi connectivity index (χ3v) is 5.43. The Bertz CT molecular complexity index is 1420. The van der Waals surface area contributed by atoms with Crippen molar-refractivity contribution >= 4 is 40.6 Å². The van der Waals surface area contributed by atoms with Crippen LogP contribution in [0.4, 0.5) is 0 Å². The molecule has 0 fully saturated rings. The summed E-state index contributed by atoms with van der Waals surface area (Å²) in [6.07, 6.45) is 9.50. The standard InChI is InChI=1S/C21H17N7S/c1-3-13(15-9-23-24-10-15)8-16-12(2)27-28-19(16)21-25-17-4-6-22-18(20(17)26-21)14-5-7-29-11-14/h3-11,27H,2H2,1H3,(H,23,24)(H,25,26)/b13-3+,16-8+. The first-order valence-electron chi connectivity index (χ1n) is 9.03. The number of allylic oxidation sites excluding steroid dienone is 2. The van der Waals surface area contributed by atoms with Gasteiger partial charge in [0.1, 0.15) is 11.2 Å². The number of hydrogen-bond donors (Lipinski definition) is 3. The molecule has 0 radical (unpaired) electrons. The van der Waals surface area contributed by atoms with Gasteiger partial charge in [0.25, 0.3) is 0 Å². The first kappa shape index (κ1) is 17.3. The van der Waals surface area contributed by atoms with E-state index < -0.39 is 0 Å². The van der Waals surface area contributed by atoms with Gasteiger partial charge in [0.05, 0.1) is 22.8 Å². The molecule has 7 nitrogen and oxygen atoms in total. The van der Waals surface area contributed by atoms with E-state index >= 15 is 0 Å². The average Bonchev–Trinajstić information content (AvgIpc) is 3.52. The highest BCUT2D eigenvalue weighted by atomic mass is 32.1. The van der Waals surface area contributed by atoms with E-state index in [-0.39, 0.29) is 0 Å². The molecule has 0 aliphatic heterocycles. The van der Waals surface area contributed by atoms with Gasteiger partial charge in [-0.1, -0.05) is 12.7 Å².